The Labute approximate surface area is 127 Å². The van der Waals surface area contributed by atoms with Crippen molar-refractivity contribution in [3.8, 4) is 0 Å². The van der Waals surface area contributed by atoms with Crippen molar-refractivity contribution in [2.45, 2.75) is 71.0 Å². The minimum absolute atomic E-state index is 0.179. The molecule has 0 rings (SSSR count). The molecule has 0 spiro atoms. The van der Waals surface area contributed by atoms with Crippen molar-refractivity contribution in [1.82, 2.24) is 0 Å². The van der Waals surface area contributed by atoms with Gasteiger partial charge in [0.15, 0.2) is 0 Å². The Morgan fingerprint density at radius 1 is 1.14 bits per heavy atom. The molecule has 5 nitrogen and oxygen atoms in total. The summed E-state index contributed by atoms with van der Waals surface area (Å²) in [5.41, 5.74) is 0. The Bertz CT molecular complexity index is 325. The van der Waals surface area contributed by atoms with Crippen LogP contribution in [0.4, 0.5) is 0 Å². The maximum absolute atomic E-state index is 11.4. The largest absolute Gasteiger partial charge is 0.469 e. The van der Waals surface area contributed by atoms with Gasteiger partial charge in [-0.05, 0) is 19.3 Å². The average Bonchev–Trinajstić information content (AvgIpc) is 2.49. The molecule has 0 radical (unpaired) electrons. The standard InChI is InChI=1S/C16H28O5/c1-4-6-7-11-14(21-15(18)5-2)13(17)10-8-9-12-16(19)20-3/h8-9,13-14,17H,4-7,10-12H2,1-3H3/b9-8+. The molecule has 0 aromatic rings. The van der Waals surface area contributed by atoms with Gasteiger partial charge in [-0.25, -0.2) is 0 Å². The number of ether oxygens (including phenoxy) is 2. The topological polar surface area (TPSA) is 72.8 Å². The number of hydrogen-bond acceptors (Lipinski definition) is 5. The van der Waals surface area contributed by atoms with Gasteiger partial charge in [0.25, 0.3) is 0 Å². The highest BCUT2D eigenvalue weighted by Gasteiger charge is 2.21. The van der Waals surface area contributed by atoms with Gasteiger partial charge in [-0.3, -0.25) is 9.59 Å². The fourth-order valence-electron chi connectivity index (χ4n) is 1.83. The number of carbonyl (C=O) groups excluding carboxylic acids is 2. The summed E-state index contributed by atoms with van der Waals surface area (Å²) in [4.78, 5) is 22.3. The van der Waals surface area contributed by atoms with Gasteiger partial charge in [-0.1, -0.05) is 38.8 Å². The number of hydrogen-bond donors (Lipinski definition) is 1. The van der Waals surface area contributed by atoms with Crippen LogP contribution >= 0.6 is 0 Å². The molecule has 2 unspecified atom stereocenters. The average molecular weight is 300 g/mol. The first kappa shape index (κ1) is 19.6. The number of aliphatic hydroxyl groups excluding tert-OH is 1. The highest BCUT2D eigenvalue weighted by atomic mass is 16.6. The summed E-state index contributed by atoms with van der Waals surface area (Å²) in [6.07, 6.45) is 6.67. The number of rotatable bonds is 11. The van der Waals surface area contributed by atoms with E-state index < -0.39 is 12.2 Å². The van der Waals surface area contributed by atoms with E-state index in [1.807, 2.05) is 0 Å². The molecule has 0 aliphatic heterocycles. The monoisotopic (exact) mass is 300 g/mol. The van der Waals surface area contributed by atoms with E-state index in [9.17, 15) is 14.7 Å². The number of carbonyl (C=O) groups is 2. The third-order valence-corrected chi connectivity index (χ3v) is 3.15. The van der Waals surface area contributed by atoms with Crippen molar-refractivity contribution in [1.29, 1.82) is 0 Å². The fraction of sp³-hybridized carbons (Fsp3) is 0.750. The zero-order valence-corrected chi connectivity index (χ0v) is 13.3. The molecule has 1 N–H and O–H groups in total. The van der Waals surface area contributed by atoms with Crippen LogP contribution in [-0.4, -0.2) is 36.4 Å². The van der Waals surface area contributed by atoms with E-state index >= 15 is 0 Å². The van der Waals surface area contributed by atoms with Crippen LogP contribution in [-0.2, 0) is 19.1 Å². The fourth-order valence-corrected chi connectivity index (χ4v) is 1.83. The van der Waals surface area contributed by atoms with E-state index in [-0.39, 0.29) is 18.4 Å². The molecule has 0 aromatic carbocycles. The van der Waals surface area contributed by atoms with Crippen LogP contribution in [0.2, 0.25) is 0 Å². The molecule has 0 heterocycles. The van der Waals surface area contributed by atoms with Gasteiger partial charge in [0.05, 0.1) is 19.6 Å². The second-order valence-corrected chi connectivity index (χ2v) is 4.93. The summed E-state index contributed by atoms with van der Waals surface area (Å²) < 4.78 is 9.81. The van der Waals surface area contributed by atoms with Gasteiger partial charge in [-0.2, -0.15) is 0 Å². The Morgan fingerprint density at radius 2 is 1.86 bits per heavy atom. The lowest BCUT2D eigenvalue weighted by Crippen LogP contribution is -2.31. The summed E-state index contributed by atoms with van der Waals surface area (Å²) in [7, 11) is 1.33. The lowest BCUT2D eigenvalue weighted by Gasteiger charge is -2.22. The molecule has 0 bridgehead atoms. The lowest BCUT2D eigenvalue weighted by molar-refractivity contribution is -0.155. The Kier molecular flexibility index (Phi) is 11.6. The Hall–Kier alpha value is -1.36. The van der Waals surface area contributed by atoms with E-state index in [1.54, 1.807) is 19.1 Å². The van der Waals surface area contributed by atoms with Gasteiger partial charge < -0.3 is 14.6 Å². The minimum atomic E-state index is -0.744. The van der Waals surface area contributed by atoms with E-state index in [2.05, 4.69) is 11.7 Å². The van der Waals surface area contributed by atoms with Gasteiger partial charge >= 0.3 is 11.9 Å². The van der Waals surface area contributed by atoms with Crippen molar-refractivity contribution in [2.24, 2.45) is 0 Å². The summed E-state index contributed by atoms with van der Waals surface area (Å²) >= 11 is 0. The molecule has 5 heteroatoms. The lowest BCUT2D eigenvalue weighted by atomic mass is 10.0. The zero-order valence-electron chi connectivity index (χ0n) is 13.3. The summed E-state index contributed by atoms with van der Waals surface area (Å²) in [6, 6.07) is 0. The Morgan fingerprint density at radius 3 is 2.43 bits per heavy atom. The third kappa shape index (κ3) is 10.1. The molecule has 0 aliphatic carbocycles. The second-order valence-electron chi connectivity index (χ2n) is 4.93. The quantitative estimate of drug-likeness (QED) is 0.361. The Balaban J connectivity index is 4.30. The number of methoxy groups -OCH3 is 1. The van der Waals surface area contributed by atoms with Crippen LogP contribution in [0.25, 0.3) is 0 Å². The summed E-state index contributed by atoms with van der Waals surface area (Å²) in [6.45, 7) is 3.83. The first-order valence-electron chi connectivity index (χ1n) is 7.64. The van der Waals surface area contributed by atoms with Crippen molar-refractivity contribution >= 4 is 11.9 Å². The maximum Gasteiger partial charge on any atom is 0.309 e. The predicted octanol–water partition coefficient (Wildman–Crippen LogP) is 2.76. The van der Waals surface area contributed by atoms with Crippen LogP contribution in [0, 0.1) is 0 Å². The van der Waals surface area contributed by atoms with Crippen molar-refractivity contribution in [2.75, 3.05) is 7.11 Å². The maximum atomic E-state index is 11.4. The van der Waals surface area contributed by atoms with Crippen LogP contribution in [0.3, 0.4) is 0 Å². The van der Waals surface area contributed by atoms with Crippen LogP contribution in [0.1, 0.15) is 58.8 Å². The molecule has 0 saturated carbocycles. The summed E-state index contributed by atoms with van der Waals surface area (Å²) in [5, 5.41) is 10.1. The minimum Gasteiger partial charge on any atom is -0.469 e. The molecular weight excluding hydrogens is 272 g/mol. The van der Waals surface area contributed by atoms with E-state index in [0.29, 0.717) is 19.3 Å². The molecule has 0 saturated heterocycles. The van der Waals surface area contributed by atoms with Gasteiger partial charge in [0, 0.05) is 6.42 Å². The van der Waals surface area contributed by atoms with Crippen LogP contribution in [0.5, 0.6) is 0 Å². The molecule has 0 aromatic heterocycles. The summed E-state index contributed by atoms with van der Waals surface area (Å²) in [5.74, 6) is -0.619. The van der Waals surface area contributed by atoms with E-state index in [1.165, 1.54) is 7.11 Å². The number of aliphatic hydroxyl groups is 1. The zero-order chi connectivity index (χ0) is 16.1. The van der Waals surface area contributed by atoms with E-state index in [4.69, 9.17) is 4.74 Å². The third-order valence-electron chi connectivity index (χ3n) is 3.15. The highest BCUT2D eigenvalue weighted by Crippen LogP contribution is 2.14. The predicted molar refractivity (Wildman–Crippen MR) is 80.7 cm³/mol. The van der Waals surface area contributed by atoms with Crippen molar-refractivity contribution in [3.05, 3.63) is 12.2 Å². The molecule has 0 fully saturated rings. The molecule has 122 valence electrons. The number of esters is 2. The highest BCUT2D eigenvalue weighted by molar-refractivity contribution is 5.70. The van der Waals surface area contributed by atoms with Gasteiger partial charge in [-0.15, -0.1) is 0 Å². The second kappa shape index (κ2) is 12.4. The molecular formula is C16H28O5. The molecule has 0 aliphatic rings. The van der Waals surface area contributed by atoms with Gasteiger partial charge in [0.1, 0.15) is 6.10 Å². The number of unbranched alkanes of at least 4 members (excludes halogenated alkanes) is 2. The molecule has 2 atom stereocenters. The van der Waals surface area contributed by atoms with Crippen LogP contribution in [0.15, 0.2) is 12.2 Å². The van der Waals surface area contributed by atoms with Crippen LogP contribution < -0.4 is 0 Å². The first-order chi connectivity index (χ1) is 10.0. The van der Waals surface area contributed by atoms with Crippen molar-refractivity contribution in [3.63, 3.8) is 0 Å². The first-order valence-corrected chi connectivity index (χ1v) is 7.64. The normalized spacial score (nSPS) is 13.9. The SMILES string of the molecule is CCCCCC(OC(=O)CC)C(O)C/C=C/CC(=O)OC. The molecule has 21 heavy (non-hydrogen) atoms. The van der Waals surface area contributed by atoms with Gasteiger partial charge in [0.2, 0.25) is 0 Å². The smallest absolute Gasteiger partial charge is 0.309 e. The van der Waals surface area contributed by atoms with E-state index in [0.717, 1.165) is 19.3 Å². The molecule has 0 amide bonds. The van der Waals surface area contributed by atoms with Crippen molar-refractivity contribution < 1.29 is 24.2 Å².